The molecule has 0 radical (unpaired) electrons. The van der Waals surface area contributed by atoms with E-state index in [-0.39, 0.29) is 35.1 Å². The van der Waals surface area contributed by atoms with Crippen LogP contribution >= 0.6 is 24.0 Å². The number of carbonyl (C=O) groups is 1. The van der Waals surface area contributed by atoms with E-state index in [9.17, 15) is 9.59 Å². The Bertz CT molecular complexity index is 1180. The van der Waals surface area contributed by atoms with Gasteiger partial charge >= 0.3 is 0 Å². The van der Waals surface area contributed by atoms with Crippen LogP contribution in [0, 0.1) is 0 Å². The third kappa shape index (κ3) is 5.78. The lowest BCUT2D eigenvalue weighted by molar-refractivity contribution is 0.0910. The smallest absolute Gasteiger partial charge is 0.287 e. The maximum absolute atomic E-state index is 12.9. The number of nitrogens with zero attached hydrogens (tertiary/aromatic N) is 1. The standard InChI is InChI=1S/C26H29ClN2O3.ClH/c1-26(2,3)18-8-6-17(7-9-18)21(29-12-4-5-13-29)16-28-25(31)24-15-22(30)20-14-19(27)10-11-23(20)32-24;/h6-11,14-15,21H,4-5,12-13,16H2,1-3H3,(H,28,31);1H. The summed E-state index contributed by atoms with van der Waals surface area (Å²) < 4.78 is 5.69. The Balaban J connectivity index is 0.00000306. The molecule has 1 N–H and O–H groups in total. The lowest BCUT2D eigenvalue weighted by Crippen LogP contribution is -2.37. The zero-order valence-electron chi connectivity index (χ0n) is 19.2. The van der Waals surface area contributed by atoms with Gasteiger partial charge in [0.2, 0.25) is 0 Å². The van der Waals surface area contributed by atoms with Gasteiger partial charge in [-0.25, -0.2) is 0 Å². The summed E-state index contributed by atoms with van der Waals surface area (Å²) in [7, 11) is 0. The Morgan fingerprint density at radius 2 is 1.76 bits per heavy atom. The number of halogens is 2. The van der Waals surface area contributed by atoms with E-state index in [0.29, 0.717) is 22.5 Å². The van der Waals surface area contributed by atoms with Crippen LogP contribution in [0.2, 0.25) is 5.02 Å². The minimum absolute atomic E-state index is 0. The number of hydrogen-bond acceptors (Lipinski definition) is 4. The summed E-state index contributed by atoms with van der Waals surface area (Å²) in [5, 5.41) is 3.80. The van der Waals surface area contributed by atoms with Crippen LogP contribution in [0.1, 0.15) is 61.3 Å². The van der Waals surface area contributed by atoms with Crippen LogP contribution in [-0.2, 0) is 5.41 Å². The molecule has 1 unspecified atom stereocenters. The molecule has 5 nitrogen and oxygen atoms in total. The van der Waals surface area contributed by atoms with Gasteiger partial charge in [-0.1, -0.05) is 56.6 Å². The number of nitrogens with one attached hydrogen (secondary N) is 1. The molecule has 1 saturated heterocycles. The van der Waals surface area contributed by atoms with Gasteiger partial charge in [0.25, 0.3) is 5.91 Å². The molecule has 1 fully saturated rings. The first-order valence-corrected chi connectivity index (χ1v) is 11.5. The van der Waals surface area contributed by atoms with E-state index in [0.717, 1.165) is 25.9 Å². The van der Waals surface area contributed by atoms with Crippen molar-refractivity contribution in [2.45, 2.75) is 45.1 Å². The molecule has 176 valence electrons. The first-order chi connectivity index (χ1) is 15.2. The normalized spacial score (nSPS) is 15.3. The fourth-order valence-electron chi connectivity index (χ4n) is 4.23. The van der Waals surface area contributed by atoms with E-state index in [1.54, 1.807) is 18.2 Å². The molecule has 0 bridgehead atoms. The van der Waals surface area contributed by atoms with Crippen LogP contribution in [0.25, 0.3) is 11.0 Å². The van der Waals surface area contributed by atoms with Gasteiger partial charge in [0.15, 0.2) is 11.2 Å². The summed E-state index contributed by atoms with van der Waals surface area (Å²) in [5.74, 6) is -0.387. The molecule has 2 aromatic carbocycles. The molecule has 1 atom stereocenters. The topological polar surface area (TPSA) is 62.6 Å². The van der Waals surface area contributed by atoms with Gasteiger partial charge in [-0.05, 0) is 60.7 Å². The maximum atomic E-state index is 12.9. The van der Waals surface area contributed by atoms with Crippen LogP contribution in [-0.4, -0.2) is 30.4 Å². The van der Waals surface area contributed by atoms with Gasteiger partial charge < -0.3 is 9.73 Å². The number of carbonyl (C=O) groups excluding carboxylic acids is 1. The van der Waals surface area contributed by atoms with E-state index >= 15 is 0 Å². The molecule has 1 aromatic heterocycles. The SMILES string of the molecule is CC(C)(C)c1ccc(C(CNC(=O)c2cc(=O)c3cc(Cl)ccc3o2)N2CCCC2)cc1.Cl. The highest BCUT2D eigenvalue weighted by atomic mass is 35.5. The summed E-state index contributed by atoms with van der Waals surface area (Å²) in [5.41, 5.74) is 2.61. The Kier molecular flexibility index (Phi) is 7.88. The van der Waals surface area contributed by atoms with Gasteiger partial charge in [-0.15, -0.1) is 12.4 Å². The van der Waals surface area contributed by atoms with E-state index in [1.165, 1.54) is 17.2 Å². The molecule has 0 spiro atoms. The van der Waals surface area contributed by atoms with Crippen molar-refractivity contribution in [2.75, 3.05) is 19.6 Å². The summed E-state index contributed by atoms with van der Waals surface area (Å²) >= 11 is 5.97. The van der Waals surface area contributed by atoms with E-state index < -0.39 is 5.91 Å². The minimum Gasteiger partial charge on any atom is -0.451 e. The van der Waals surface area contributed by atoms with Crippen LogP contribution < -0.4 is 10.7 Å². The van der Waals surface area contributed by atoms with Crippen LogP contribution in [0.3, 0.4) is 0 Å². The largest absolute Gasteiger partial charge is 0.451 e. The zero-order valence-corrected chi connectivity index (χ0v) is 20.8. The van der Waals surface area contributed by atoms with Crippen molar-refractivity contribution in [3.63, 3.8) is 0 Å². The van der Waals surface area contributed by atoms with E-state index in [4.69, 9.17) is 16.0 Å². The highest BCUT2D eigenvalue weighted by molar-refractivity contribution is 6.31. The molecule has 1 aliphatic rings. The van der Waals surface area contributed by atoms with Gasteiger partial charge in [0, 0.05) is 17.6 Å². The van der Waals surface area contributed by atoms with Gasteiger partial charge in [0.05, 0.1) is 11.4 Å². The third-order valence-corrected chi connectivity index (χ3v) is 6.35. The fraction of sp³-hybridized carbons (Fsp3) is 0.385. The van der Waals surface area contributed by atoms with Crippen molar-refractivity contribution in [3.8, 4) is 0 Å². The van der Waals surface area contributed by atoms with Crippen LogP contribution in [0.4, 0.5) is 0 Å². The van der Waals surface area contributed by atoms with Gasteiger partial charge in [-0.2, -0.15) is 0 Å². The Hall–Kier alpha value is -2.34. The molecule has 1 amide bonds. The van der Waals surface area contributed by atoms with Crippen LogP contribution in [0.15, 0.2) is 57.7 Å². The third-order valence-electron chi connectivity index (χ3n) is 6.11. The molecular weight excluding hydrogens is 459 g/mol. The van der Waals surface area contributed by atoms with Crippen molar-refractivity contribution in [1.82, 2.24) is 10.2 Å². The quantitative estimate of drug-likeness (QED) is 0.497. The predicted molar refractivity (Wildman–Crippen MR) is 136 cm³/mol. The molecular formula is C26H30Cl2N2O3. The average Bonchev–Trinajstić information content (AvgIpc) is 3.28. The number of amides is 1. The number of hydrogen-bond donors (Lipinski definition) is 1. The Morgan fingerprint density at radius 3 is 2.39 bits per heavy atom. The second kappa shape index (κ2) is 10.3. The highest BCUT2D eigenvalue weighted by Crippen LogP contribution is 2.28. The molecule has 0 saturated carbocycles. The Labute approximate surface area is 205 Å². The lowest BCUT2D eigenvalue weighted by Gasteiger charge is -2.29. The Morgan fingerprint density at radius 1 is 1.09 bits per heavy atom. The maximum Gasteiger partial charge on any atom is 0.287 e. The fourth-order valence-corrected chi connectivity index (χ4v) is 4.41. The van der Waals surface area contributed by atoms with E-state index in [2.05, 4.69) is 55.3 Å². The second-order valence-corrected chi connectivity index (χ2v) is 9.89. The molecule has 3 aromatic rings. The number of rotatable bonds is 5. The van der Waals surface area contributed by atoms with Crippen molar-refractivity contribution >= 4 is 40.9 Å². The molecule has 2 heterocycles. The molecule has 0 aliphatic carbocycles. The van der Waals surface area contributed by atoms with Crippen molar-refractivity contribution in [2.24, 2.45) is 0 Å². The minimum atomic E-state index is -0.394. The summed E-state index contributed by atoms with van der Waals surface area (Å²) in [4.78, 5) is 27.7. The van der Waals surface area contributed by atoms with Crippen molar-refractivity contribution < 1.29 is 9.21 Å². The van der Waals surface area contributed by atoms with Gasteiger partial charge in [-0.3, -0.25) is 14.5 Å². The first-order valence-electron chi connectivity index (χ1n) is 11.1. The number of likely N-dealkylation sites (tertiary alicyclic amines) is 1. The lowest BCUT2D eigenvalue weighted by atomic mass is 9.86. The predicted octanol–water partition coefficient (Wildman–Crippen LogP) is 5.73. The average molecular weight is 489 g/mol. The van der Waals surface area contributed by atoms with Crippen molar-refractivity contribution in [3.05, 3.63) is 80.7 Å². The van der Waals surface area contributed by atoms with Crippen molar-refractivity contribution in [1.29, 1.82) is 0 Å². The molecule has 1 aliphatic heterocycles. The molecule has 4 rings (SSSR count). The first kappa shape index (κ1) is 25.3. The van der Waals surface area contributed by atoms with Crippen LogP contribution in [0.5, 0.6) is 0 Å². The summed E-state index contributed by atoms with van der Waals surface area (Å²) in [6, 6.07) is 14.8. The monoisotopic (exact) mass is 488 g/mol. The zero-order chi connectivity index (χ0) is 22.9. The number of fused-ring (bicyclic) bond motifs is 1. The van der Waals surface area contributed by atoms with Gasteiger partial charge in [0.1, 0.15) is 5.58 Å². The molecule has 7 heteroatoms. The highest BCUT2D eigenvalue weighted by Gasteiger charge is 2.25. The van der Waals surface area contributed by atoms with E-state index in [1.807, 2.05) is 0 Å². The summed E-state index contributed by atoms with van der Waals surface area (Å²) in [6.07, 6.45) is 2.32. The second-order valence-electron chi connectivity index (χ2n) is 9.46. The number of benzene rings is 2. The molecule has 33 heavy (non-hydrogen) atoms. The summed E-state index contributed by atoms with van der Waals surface area (Å²) in [6.45, 7) is 9.05.